The number of carboxylic acids is 1. The maximum Gasteiger partial charge on any atom is 0.335 e. The van der Waals surface area contributed by atoms with Crippen molar-refractivity contribution < 1.29 is 14.7 Å². The lowest BCUT2D eigenvalue weighted by Crippen LogP contribution is -2.08. The number of amides is 1. The number of hydrogen-bond donors (Lipinski definition) is 2. The van der Waals surface area contributed by atoms with E-state index in [2.05, 4.69) is 10.4 Å². The Morgan fingerprint density at radius 1 is 1.40 bits per heavy atom. The van der Waals surface area contributed by atoms with Crippen LogP contribution < -0.4 is 5.32 Å². The van der Waals surface area contributed by atoms with E-state index in [-0.39, 0.29) is 11.5 Å². The van der Waals surface area contributed by atoms with Crippen LogP contribution in [0.2, 0.25) is 0 Å². The first-order valence-corrected chi connectivity index (χ1v) is 5.85. The molecule has 1 heterocycles. The minimum absolute atomic E-state index is 0.124. The fraction of sp³-hybridized carbons (Fsp3) is 0.0714. The number of nitrogens with one attached hydrogen (secondary N) is 1. The van der Waals surface area contributed by atoms with E-state index in [1.807, 2.05) is 0 Å². The maximum absolute atomic E-state index is 11.7. The van der Waals surface area contributed by atoms with E-state index in [4.69, 9.17) is 5.11 Å². The molecule has 2 rings (SSSR count). The van der Waals surface area contributed by atoms with E-state index in [0.717, 1.165) is 5.56 Å². The van der Waals surface area contributed by atoms with Gasteiger partial charge in [0.25, 0.3) is 0 Å². The van der Waals surface area contributed by atoms with Crippen LogP contribution in [0.15, 0.2) is 42.7 Å². The first-order chi connectivity index (χ1) is 9.54. The van der Waals surface area contributed by atoms with Gasteiger partial charge in [0.1, 0.15) is 0 Å². The summed E-state index contributed by atoms with van der Waals surface area (Å²) in [4.78, 5) is 22.5. The molecule has 1 aromatic heterocycles. The normalized spacial score (nSPS) is 10.7. The zero-order valence-corrected chi connectivity index (χ0v) is 10.8. The summed E-state index contributed by atoms with van der Waals surface area (Å²) in [5.41, 5.74) is 1.37. The van der Waals surface area contributed by atoms with E-state index >= 15 is 0 Å². The zero-order valence-electron chi connectivity index (χ0n) is 10.8. The van der Waals surface area contributed by atoms with Gasteiger partial charge in [-0.25, -0.2) is 4.79 Å². The molecule has 1 aromatic carbocycles. The summed E-state index contributed by atoms with van der Waals surface area (Å²) in [6, 6.07) is 6.06. The fourth-order valence-electron chi connectivity index (χ4n) is 1.61. The van der Waals surface area contributed by atoms with Crippen molar-refractivity contribution in [2.24, 2.45) is 7.05 Å². The van der Waals surface area contributed by atoms with Crippen molar-refractivity contribution in [3.8, 4) is 0 Å². The van der Waals surface area contributed by atoms with Gasteiger partial charge in [0.05, 0.1) is 11.8 Å². The third-order valence-electron chi connectivity index (χ3n) is 2.53. The van der Waals surface area contributed by atoms with Gasteiger partial charge in [-0.05, 0) is 24.3 Å². The molecule has 1 amide bonds. The van der Waals surface area contributed by atoms with Crippen molar-refractivity contribution in [1.82, 2.24) is 9.78 Å². The highest BCUT2D eigenvalue weighted by atomic mass is 16.4. The Kier molecular flexibility index (Phi) is 3.95. The van der Waals surface area contributed by atoms with Crippen LogP contribution in [0, 0.1) is 0 Å². The SMILES string of the molecule is Cn1cc(/C=C/C(=O)Nc2cccc(C(=O)O)c2)cn1. The molecule has 0 saturated carbocycles. The van der Waals surface area contributed by atoms with Crippen LogP contribution in [0.4, 0.5) is 5.69 Å². The number of carboxylic acid groups (broad SMARTS) is 1. The van der Waals surface area contributed by atoms with Crippen LogP contribution in [0.3, 0.4) is 0 Å². The lowest BCUT2D eigenvalue weighted by atomic mass is 10.2. The smallest absolute Gasteiger partial charge is 0.335 e. The Balaban J connectivity index is 2.02. The molecule has 0 aliphatic heterocycles. The van der Waals surface area contributed by atoms with E-state index in [9.17, 15) is 9.59 Å². The van der Waals surface area contributed by atoms with Crippen LogP contribution in [0.5, 0.6) is 0 Å². The van der Waals surface area contributed by atoms with Gasteiger partial charge in [0, 0.05) is 30.6 Å². The number of hydrogen-bond acceptors (Lipinski definition) is 3. The summed E-state index contributed by atoms with van der Waals surface area (Å²) in [6.45, 7) is 0. The fourth-order valence-corrected chi connectivity index (χ4v) is 1.61. The second-order valence-corrected chi connectivity index (χ2v) is 4.16. The van der Waals surface area contributed by atoms with Crippen molar-refractivity contribution in [2.75, 3.05) is 5.32 Å². The molecule has 2 N–H and O–H groups in total. The Hall–Kier alpha value is -2.89. The van der Waals surface area contributed by atoms with Gasteiger partial charge < -0.3 is 10.4 Å². The van der Waals surface area contributed by atoms with E-state index in [1.165, 1.54) is 18.2 Å². The summed E-state index contributed by atoms with van der Waals surface area (Å²) in [7, 11) is 1.79. The number of benzene rings is 1. The van der Waals surface area contributed by atoms with E-state index < -0.39 is 5.97 Å². The van der Waals surface area contributed by atoms with Crippen molar-refractivity contribution in [3.63, 3.8) is 0 Å². The average molecular weight is 271 g/mol. The number of anilines is 1. The van der Waals surface area contributed by atoms with Gasteiger partial charge in [0.15, 0.2) is 0 Å². The highest BCUT2D eigenvalue weighted by Gasteiger charge is 2.04. The quantitative estimate of drug-likeness (QED) is 0.830. The average Bonchev–Trinajstić information content (AvgIpc) is 2.82. The number of carbonyl (C=O) groups excluding carboxylic acids is 1. The van der Waals surface area contributed by atoms with Crippen molar-refractivity contribution in [1.29, 1.82) is 0 Å². The van der Waals surface area contributed by atoms with Gasteiger partial charge >= 0.3 is 5.97 Å². The maximum atomic E-state index is 11.7. The minimum Gasteiger partial charge on any atom is -0.478 e. The molecular formula is C14H13N3O3. The molecule has 20 heavy (non-hydrogen) atoms. The molecule has 0 aliphatic rings. The summed E-state index contributed by atoms with van der Waals surface area (Å²) < 4.78 is 1.63. The number of aryl methyl sites for hydroxylation is 1. The Morgan fingerprint density at radius 2 is 2.20 bits per heavy atom. The summed E-state index contributed by atoms with van der Waals surface area (Å²) in [6.07, 6.45) is 6.40. The third-order valence-corrected chi connectivity index (χ3v) is 2.53. The molecule has 0 saturated heterocycles. The van der Waals surface area contributed by atoms with E-state index in [1.54, 1.807) is 42.3 Å². The van der Waals surface area contributed by atoms with Crippen LogP contribution in [0.1, 0.15) is 15.9 Å². The van der Waals surface area contributed by atoms with Crippen LogP contribution >= 0.6 is 0 Å². The molecule has 0 unspecified atom stereocenters. The predicted molar refractivity (Wildman–Crippen MR) is 74.3 cm³/mol. The summed E-state index contributed by atoms with van der Waals surface area (Å²) >= 11 is 0. The highest BCUT2D eigenvalue weighted by molar-refractivity contribution is 6.02. The second-order valence-electron chi connectivity index (χ2n) is 4.16. The molecule has 102 valence electrons. The number of carbonyl (C=O) groups is 2. The highest BCUT2D eigenvalue weighted by Crippen LogP contribution is 2.11. The predicted octanol–water partition coefficient (Wildman–Crippen LogP) is 1.77. The Morgan fingerprint density at radius 3 is 2.85 bits per heavy atom. The standard InChI is InChI=1S/C14H13N3O3/c1-17-9-10(8-15-17)5-6-13(18)16-12-4-2-3-11(7-12)14(19)20/h2-9H,1H3,(H,16,18)(H,19,20)/b6-5+. The molecule has 0 radical (unpaired) electrons. The Bertz CT molecular complexity index is 674. The molecule has 0 bridgehead atoms. The van der Waals surface area contributed by atoms with Gasteiger partial charge in [-0.1, -0.05) is 6.07 Å². The number of nitrogens with zero attached hydrogens (tertiary/aromatic N) is 2. The second kappa shape index (κ2) is 5.83. The molecule has 6 heteroatoms. The number of aromatic carboxylic acids is 1. The van der Waals surface area contributed by atoms with E-state index in [0.29, 0.717) is 5.69 Å². The van der Waals surface area contributed by atoms with Gasteiger partial charge in [-0.3, -0.25) is 9.48 Å². The molecule has 6 nitrogen and oxygen atoms in total. The molecule has 0 fully saturated rings. The lowest BCUT2D eigenvalue weighted by molar-refractivity contribution is -0.111. The molecule has 2 aromatic rings. The summed E-state index contributed by atoms with van der Waals surface area (Å²) in [5.74, 6) is -1.37. The van der Waals surface area contributed by atoms with Crippen molar-refractivity contribution in [3.05, 3.63) is 53.9 Å². The molecule has 0 aliphatic carbocycles. The molecule has 0 atom stereocenters. The minimum atomic E-state index is -1.04. The largest absolute Gasteiger partial charge is 0.478 e. The summed E-state index contributed by atoms with van der Waals surface area (Å²) in [5, 5.41) is 15.4. The number of aromatic nitrogens is 2. The topological polar surface area (TPSA) is 84.2 Å². The first kappa shape index (κ1) is 13.5. The third kappa shape index (κ3) is 3.55. The van der Waals surface area contributed by atoms with Crippen LogP contribution in [0.25, 0.3) is 6.08 Å². The van der Waals surface area contributed by atoms with Crippen molar-refractivity contribution >= 4 is 23.6 Å². The number of rotatable bonds is 4. The van der Waals surface area contributed by atoms with Gasteiger partial charge in [0.2, 0.25) is 5.91 Å². The van der Waals surface area contributed by atoms with Crippen molar-refractivity contribution in [2.45, 2.75) is 0 Å². The zero-order chi connectivity index (χ0) is 14.5. The first-order valence-electron chi connectivity index (χ1n) is 5.85. The van der Waals surface area contributed by atoms with Crippen LogP contribution in [-0.2, 0) is 11.8 Å². The van der Waals surface area contributed by atoms with Crippen LogP contribution in [-0.4, -0.2) is 26.8 Å². The molecule has 0 spiro atoms. The monoisotopic (exact) mass is 271 g/mol. The van der Waals surface area contributed by atoms with Gasteiger partial charge in [-0.2, -0.15) is 5.10 Å². The Labute approximate surface area is 115 Å². The molecular weight excluding hydrogens is 258 g/mol. The lowest BCUT2D eigenvalue weighted by Gasteiger charge is -2.02. The van der Waals surface area contributed by atoms with Gasteiger partial charge in [-0.15, -0.1) is 0 Å².